The van der Waals surface area contributed by atoms with Gasteiger partial charge in [0.15, 0.2) is 9.84 Å². The fourth-order valence-electron chi connectivity index (χ4n) is 1.18. The van der Waals surface area contributed by atoms with E-state index in [2.05, 4.69) is 5.32 Å². The third-order valence-corrected chi connectivity index (χ3v) is 3.79. The maximum Gasteiger partial charge on any atom is 0.231 e. The fraction of sp³-hybridized carbons (Fsp3) is 0.417. The molecule has 0 unspecified atom stereocenters. The highest BCUT2D eigenvalue weighted by Crippen LogP contribution is 2.18. The predicted molar refractivity (Wildman–Crippen MR) is 71.0 cm³/mol. The summed E-state index contributed by atoms with van der Waals surface area (Å²) in [5, 5.41) is 2.70. The maximum absolute atomic E-state index is 11.8. The minimum absolute atomic E-state index is 0.197. The van der Waals surface area contributed by atoms with E-state index in [1.807, 2.05) is 0 Å². The summed E-state index contributed by atoms with van der Waals surface area (Å²) in [5.41, 5.74) is 5.39. The fourth-order valence-corrected chi connectivity index (χ4v) is 1.81. The topological polar surface area (TPSA) is 89.3 Å². The number of hydrogen-bond acceptors (Lipinski definition) is 4. The van der Waals surface area contributed by atoms with E-state index in [1.54, 1.807) is 26.0 Å². The Bertz CT molecular complexity index is 533. The van der Waals surface area contributed by atoms with Gasteiger partial charge in [-0.25, -0.2) is 8.42 Å². The van der Waals surface area contributed by atoms with Gasteiger partial charge in [0.05, 0.1) is 10.3 Å². The van der Waals surface area contributed by atoms with Crippen molar-refractivity contribution < 1.29 is 13.2 Å². The highest BCUT2D eigenvalue weighted by Gasteiger charge is 2.25. The van der Waals surface area contributed by atoms with Crippen LogP contribution in [-0.2, 0) is 14.6 Å². The predicted octanol–water partition coefficient (Wildman–Crippen LogP) is 1.01. The van der Waals surface area contributed by atoms with E-state index >= 15 is 0 Å². The number of rotatable bonds is 4. The van der Waals surface area contributed by atoms with Crippen molar-refractivity contribution >= 4 is 21.4 Å². The molecule has 0 aliphatic heterocycles. The molecule has 0 saturated carbocycles. The van der Waals surface area contributed by atoms with Crippen LogP contribution < -0.4 is 11.1 Å². The van der Waals surface area contributed by atoms with Crippen molar-refractivity contribution in [3.8, 4) is 0 Å². The van der Waals surface area contributed by atoms with E-state index in [9.17, 15) is 13.2 Å². The van der Waals surface area contributed by atoms with Crippen LogP contribution in [0.2, 0.25) is 0 Å². The van der Waals surface area contributed by atoms with Gasteiger partial charge in [0.1, 0.15) is 0 Å². The molecule has 0 aliphatic carbocycles. The van der Waals surface area contributed by atoms with Crippen molar-refractivity contribution in [1.29, 1.82) is 0 Å². The van der Waals surface area contributed by atoms with Gasteiger partial charge in [0, 0.05) is 18.5 Å². The van der Waals surface area contributed by atoms with Crippen LogP contribution in [0.3, 0.4) is 0 Å². The normalized spacial score (nSPS) is 12.2. The third-order valence-electron chi connectivity index (χ3n) is 2.67. The van der Waals surface area contributed by atoms with E-state index < -0.39 is 15.3 Å². The number of nitrogens with two attached hydrogens (primary N) is 1. The summed E-state index contributed by atoms with van der Waals surface area (Å²) in [5.74, 6) is -0.197. The van der Waals surface area contributed by atoms with Crippen molar-refractivity contribution in [2.45, 2.75) is 18.7 Å². The first-order valence-corrected chi connectivity index (χ1v) is 7.37. The average molecular weight is 270 g/mol. The zero-order chi connectivity index (χ0) is 14.0. The second kappa shape index (κ2) is 5.07. The summed E-state index contributed by atoms with van der Waals surface area (Å²) in [6, 6.07) is 6.03. The first-order chi connectivity index (χ1) is 8.16. The second-order valence-electron chi connectivity index (χ2n) is 4.84. The van der Waals surface area contributed by atoms with Gasteiger partial charge in [-0.2, -0.15) is 0 Å². The smallest absolute Gasteiger partial charge is 0.231 e. The number of carbonyl (C=O) groups is 1. The summed E-state index contributed by atoms with van der Waals surface area (Å²) in [6.45, 7) is 3.72. The van der Waals surface area contributed by atoms with Gasteiger partial charge in [0.2, 0.25) is 5.91 Å². The Kier molecular flexibility index (Phi) is 4.13. The number of carbonyl (C=O) groups excluding carboxylic acids is 1. The van der Waals surface area contributed by atoms with Crippen LogP contribution in [0, 0.1) is 5.41 Å². The van der Waals surface area contributed by atoms with Gasteiger partial charge in [-0.1, -0.05) is 0 Å². The molecule has 0 spiro atoms. The van der Waals surface area contributed by atoms with Gasteiger partial charge in [0.25, 0.3) is 0 Å². The second-order valence-corrected chi connectivity index (χ2v) is 6.85. The molecule has 0 heterocycles. The molecule has 0 radical (unpaired) electrons. The molecule has 1 aromatic rings. The molecule has 1 rings (SSSR count). The van der Waals surface area contributed by atoms with E-state index in [4.69, 9.17) is 5.73 Å². The highest BCUT2D eigenvalue weighted by atomic mass is 32.2. The first-order valence-electron chi connectivity index (χ1n) is 5.48. The minimum Gasteiger partial charge on any atom is -0.329 e. The molecular formula is C12H18N2O3S. The van der Waals surface area contributed by atoms with Gasteiger partial charge < -0.3 is 11.1 Å². The monoisotopic (exact) mass is 270 g/mol. The van der Waals surface area contributed by atoms with Crippen molar-refractivity contribution in [3.05, 3.63) is 24.3 Å². The molecule has 1 aromatic carbocycles. The molecule has 3 N–H and O–H groups in total. The molecule has 0 fully saturated rings. The molecule has 0 aliphatic rings. The molecule has 5 nitrogen and oxygen atoms in total. The van der Waals surface area contributed by atoms with Crippen LogP contribution in [0.15, 0.2) is 29.2 Å². The Labute approximate surface area is 107 Å². The zero-order valence-corrected chi connectivity index (χ0v) is 11.5. The minimum atomic E-state index is -3.21. The molecule has 0 aromatic heterocycles. The number of amides is 1. The first kappa shape index (κ1) is 14.7. The van der Waals surface area contributed by atoms with E-state index in [-0.39, 0.29) is 17.3 Å². The number of sulfone groups is 1. The van der Waals surface area contributed by atoms with Crippen molar-refractivity contribution in [2.24, 2.45) is 11.1 Å². The van der Waals surface area contributed by atoms with Gasteiger partial charge in [-0.3, -0.25) is 4.79 Å². The van der Waals surface area contributed by atoms with Gasteiger partial charge in [-0.05, 0) is 38.1 Å². The molecule has 1 amide bonds. The van der Waals surface area contributed by atoms with E-state index in [0.29, 0.717) is 5.69 Å². The van der Waals surface area contributed by atoms with E-state index in [0.717, 1.165) is 6.26 Å². The van der Waals surface area contributed by atoms with Crippen LogP contribution in [0.25, 0.3) is 0 Å². The molecular weight excluding hydrogens is 252 g/mol. The Hall–Kier alpha value is -1.40. The average Bonchev–Trinajstić information content (AvgIpc) is 2.28. The van der Waals surface area contributed by atoms with Crippen LogP contribution in [-0.4, -0.2) is 27.1 Å². The number of anilines is 1. The van der Waals surface area contributed by atoms with E-state index in [1.165, 1.54) is 12.1 Å². The van der Waals surface area contributed by atoms with Crippen LogP contribution >= 0.6 is 0 Å². The van der Waals surface area contributed by atoms with Crippen molar-refractivity contribution in [2.75, 3.05) is 18.1 Å². The molecule has 0 saturated heterocycles. The molecule has 0 bridgehead atoms. The Balaban J connectivity index is 2.86. The van der Waals surface area contributed by atoms with Gasteiger partial charge in [-0.15, -0.1) is 0 Å². The lowest BCUT2D eigenvalue weighted by Crippen LogP contribution is -2.37. The standard InChI is InChI=1S/C12H18N2O3S/c1-12(2,8-13)11(15)14-9-4-6-10(7-5-9)18(3,16)17/h4-7H,8,13H2,1-3H3,(H,14,15). The largest absolute Gasteiger partial charge is 0.329 e. The lowest BCUT2D eigenvalue weighted by atomic mass is 9.92. The quantitative estimate of drug-likeness (QED) is 0.854. The summed E-state index contributed by atoms with van der Waals surface area (Å²) >= 11 is 0. The van der Waals surface area contributed by atoms with Crippen molar-refractivity contribution in [1.82, 2.24) is 0 Å². The zero-order valence-electron chi connectivity index (χ0n) is 10.7. The van der Waals surface area contributed by atoms with Crippen LogP contribution in [0.1, 0.15) is 13.8 Å². The summed E-state index contributed by atoms with van der Waals surface area (Å²) in [7, 11) is -3.21. The molecule has 0 atom stereocenters. The lowest BCUT2D eigenvalue weighted by Gasteiger charge is -2.21. The van der Waals surface area contributed by atoms with Gasteiger partial charge >= 0.3 is 0 Å². The van der Waals surface area contributed by atoms with Crippen LogP contribution in [0.5, 0.6) is 0 Å². The molecule has 18 heavy (non-hydrogen) atoms. The Morgan fingerprint density at radius 2 is 1.78 bits per heavy atom. The maximum atomic E-state index is 11.8. The Morgan fingerprint density at radius 1 is 1.28 bits per heavy atom. The third kappa shape index (κ3) is 3.54. The summed E-state index contributed by atoms with van der Waals surface area (Å²) < 4.78 is 22.5. The molecule has 100 valence electrons. The number of benzene rings is 1. The lowest BCUT2D eigenvalue weighted by molar-refractivity contribution is -0.123. The number of hydrogen-bond donors (Lipinski definition) is 2. The Morgan fingerprint density at radius 3 is 2.17 bits per heavy atom. The number of nitrogens with one attached hydrogen (secondary N) is 1. The van der Waals surface area contributed by atoms with Crippen molar-refractivity contribution in [3.63, 3.8) is 0 Å². The van der Waals surface area contributed by atoms with Crippen LogP contribution in [0.4, 0.5) is 5.69 Å². The summed E-state index contributed by atoms with van der Waals surface area (Å²) in [4.78, 5) is 12.1. The molecule has 6 heteroatoms. The summed E-state index contributed by atoms with van der Waals surface area (Å²) in [6.07, 6.45) is 1.14. The highest BCUT2D eigenvalue weighted by molar-refractivity contribution is 7.90. The SMILES string of the molecule is CC(C)(CN)C(=O)Nc1ccc(S(C)(=O)=O)cc1.